The minimum atomic E-state index is -2.90. The van der Waals surface area contributed by atoms with Gasteiger partial charge in [-0.1, -0.05) is 12.1 Å². The number of halogens is 3. The Kier molecular flexibility index (Phi) is 4.31. The third-order valence-corrected chi connectivity index (χ3v) is 4.54. The lowest BCUT2D eigenvalue weighted by molar-refractivity contribution is -0.0498. The van der Waals surface area contributed by atoms with E-state index in [-0.39, 0.29) is 11.5 Å². The molecule has 0 spiro atoms. The van der Waals surface area contributed by atoms with Crippen LogP contribution in [0.1, 0.15) is 20.1 Å². The number of hydrogen-bond donors (Lipinski definition) is 0. The van der Waals surface area contributed by atoms with Crippen molar-refractivity contribution in [2.24, 2.45) is 0 Å². The Labute approximate surface area is 121 Å². The molecule has 1 aromatic carbocycles. The number of carbonyl (C=O) groups is 1. The van der Waals surface area contributed by atoms with E-state index in [1.807, 2.05) is 6.92 Å². The molecule has 0 aliphatic carbocycles. The van der Waals surface area contributed by atoms with Crippen LogP contribution in [0, 0.1) is 6.92 Å². The molecule has 0 saturated carbocycles. The zero-order valence-electron chi connectivity index (χ0n) is 9.82. The fraction of sp³-hybridized carbons (Fsp3) is 0.154. The highest BCUT2D eigenvalue weighted by Crippen LogP contribution is 2.28. The summed E-state index contributed by atoms with van der Waals surface area (Å²) in [7, 11) is 0. The lowest BCUT2D eigenvalue weighted by atomic mass is 10.1. The SMILES string of the molecule is Cc1sc(C(=O)c2cccc(OC(F)F)c2)cc1Br. The number of ketones is 1. The fourth-order valence-electron chi connectivity index (χ4n) is 1.53. The number of thiophene rings is 1. The van der Waals surface area contributed by atoms with Crippen LogP contribution in [-0.4, -0.2) is 12.4 Å². The van der Waals surface area contributed by atoms with Crippen LogP contribution in [0.3, 0.4) is 0 Å². The van der Waals surface area contributed by atoms with Gasteiger partial charge in [-0.15, -0.1) is 11.3 Å². The number of ether oxygens (including phenoxy) is 1. The summed E-state index contributed by atoms with van der Waals surface area (Å²) in [6.45, 7) is -1.01. The summed E-state index contributed by atoms with van der Waals surface area (Å²) in [5.41, 5.74) is 0.326. The van der Waals surface area contributed by atoms with Crippen LogP contribution in [0.2, 0.25) is 0 Å². The molecule has 2 rings (SSSR count). The third-order valence-electron chi connectivity index (χ3n) is 2.40. The van der Waals surface area contributed by atoms with Crippen LogP contribution in [0.4, 0.5) is 8.78 Å². The van der Waals surface area contributed by atoms with Gasteiger partial charge in [0, 0.05) is 14.9 Å². The average Bonchev–Trinajstić information content (AvgIpc) is 2.68. The van der Waals surface area contributed by atoms with E-state index >= 15 is 0 Å². The van der Waals surface area contributed by atoms with Crippen LogP contribution in [0.25, 0.3) is 0 Å². The van der Waals surface area contributed by atoms with Gasteiger partial charge < -0.3 is 4.74 Å². The number of alkyl halides is 2. The van der Waals surface area contributed by atoms with Crippen LogP contribution in [-0.2, 0) is 0 Å². The van der Waals surface area contributed by atoms with E-state index in [1.165, 1.54) is 29.5 Å². The number of rotatable bonds is 4. The Morgan fingerprint density at radius 1 is 1.37 bits per heavy atom. The number of aryl methyl sites for hydroxylation is 1. The molecule has 0 N–H and O–H groups in total. The van der Waals surface area contributed by atoms with E-state index in [9.17, 15) is 13.6 Å². The van der Waals surface area contributed by atoms with Gasteiger partial charge in [-0.2, -0.15) is 8.78 Å². The summed E-state index contributed by atoms with van der Waals surface area (Å²) in [5.74, 6) is -0.230. The predicted molar refractivity (Wildman–Crippen MR) is 73.3 cm³/mol. The number of hydrogen-bond acceptors (Lipinski definition) is 3. The molecule has 0 fully saturated rings. The van der Waals surface area contributed by atoms with Crippen LogP contribution in [0.15, 0.2) is 34.8 Å². The molecule has 6 heteroatoms. The first-order valence-electron chi connectivity index (χ1n) is 5.33. The van der Waals surface area contributed by atoms with Gasteiger partial charge >= 0.3 is 6.61 Å². The standard InChI is InChI=1S/C13H9BrF2O2S/c1-7-10(14)6-11(19-7)12(17)8-3-2-4-9(5-8)18-13(15)16/h2-6,13H,1H3. The predicted octanol–water partition coefficient (Wildman–Crippen LogP) is 4.65. The molecule has 0 amide bonds. The van der Waals surface area contributed by atoms with Gasteiger partial charge in [0.1, 0.15) is 5.75 Å². The van der Waals surface area contributed by atoms with E-state index in [2.05, 4.69) is 20.7 Å². The molecule has 0 bridgehead atoms. The van der Waals surface area contributed by atoms with Crippen molar-refractivity contribution in [2.45, 2.75) is 13.5 Å². The Morgan fingerprint density at radius 2 is 2.11 bits per heavy atom. The molecular weight excluding hydrogens is 338 g/mol. The van der Waals surface area contributed by atoms with Gasteiger partial charge in [-0.25, -0.2) is 0 Å². The molecule has 0 aliphatic rings. The highest BCUT2D eigenvalue weighted by atomic mass is 79.9. The van der Waals surface area contributed by atoms with Crippen molar-refractivity contribution in [2.75, 3.05) is 0 Å². The van der Waals surface area contributed by atoms with Crippen molar-refractivity contribution in [1.29, 1.82) is 0 Å². The van der Waals surface area contributed by atoms with Gasteiger partial charge in [0.15, 0.2) is 0 Å². The molecule has 0 saturated heterocycles. The molecule has 0 unspecified atom stereocenters. The summed E-state index contributed by atoms with van der Waals surface area (Å²) in [4.78, 5) is 13.7. The van der Waals surface area contributed by atoms with Gasteiger partial charge in [0.05, 0.1) is 4.88 Å². The first kappa shape index (κ1) is 14.1. The highest BCUT2D eigenvalue weighted by Gasteiger charge is 2.15. The highest BCUT2D eigenvalue weighted by molar-refractivity contribution is 9.10. The van der Waals surface area contributed by atoms with E-state index in [0.29, 0.717) is 10.4 Å². The summed E-state index contributed by atoms with van der Waals surface area (Å²) in [5, 5.41) is 0. The van der Waals surface area contributed by atoms with E-state index in [1.54, 1.807) is 12.1 Å². The van der Waals surface area contributed by atoms with E-state index in [4.69, 9.17) is 0 Å². The zero-order valence-corrected chi connectivity index (χ0v) is 12.2. The van der Waals surface area contributed by atoms with Crippen molar-refractivity contribution < 1.29 is 18.3 Å². The summed E-state index contributed by atoms with van der Waals surface area (Å²) >= 11 is 4.69. The second-order valence-electron chi connectivity index (χ2n) is 3.75. The van der Waals surface area contributed by atoms with E-state index in [0.717, 1.165) is 9.35 Å². The van der Waals surface area contributed by atoms with Crippen molar-refractivity contribution in [3.05, 3.63) is 50.1 Å². The smallest absolute Gasteiger partial charge is 0.387 e. The van der Waals surface area contributed by atoms with Crippen molar-refractivity contribution in [1.82, 2.24) is 0 Å². The van der Waals surface area contributed by atoms with Crippen LogP contribution in [0.5, 0.6) is 5.75 Å². The normalized spacial score (nSPS) is 10.8. The average molecular weight is 347 g/mol. The topological polar surface area (TPSA) is 26.3 Å². The molecule has 0 aliphatic heterocycles. The molecule has 0 atom stereocenters. The molecule has 2 nitrogen and oxygen atoms in total. The minimum absolute atomic E-state index is 0.0202. The maximum Gasteiger partial charge on any atom is 0.387 e. The second kappa shape index (κ2) is 5.79. The lowest BCUT2D eigenvalue weighted by Gasteiger charge is -2.05. The molecule has 1 aromatic heterocycles. The Morgan fingerprint density at radius 3 is 2.68 bits per heavy atom. The Bertz CT molecular complexity index is 591. The maximum absolute atomic E-state index is 12.2. The van der Waals surface area contributed by atoms with Crippen molar-refractivity contribution >= 4 is 33.0 Å². The molecule has 1 heterocycles. The summed E-state index contributed by atoms with van der Waals surface area (Å²) in [6.07, 6.45) is 0. The van der Waals surface area contributed by atoms with Crippen LogP contribution >= 0.6 is 27.3 Å². The van der Waals surface area contributed by atoms with Crippen LogP contribution < -0.4 is 4.74 Å². The van der Waals surface area contributed by atoms with Gasteiger partial charge in [-0.05, 0) is 41.1 Å². The quantitative estimate of drug-likeness (QED) is 0.753. The fourth-order valence-corrected chi connectivity index (χ4v) is 3.02. The molecule has 0 radical (unpaired) electrons. The largest absolute Gasteiger partial charge is 0.435 e. The lowest BCUT2D eigenvalue weighted by Crippen LogP contribution is -2.04. The molecule has 100 valence electrons. The monoisotopic (exact) mass is 346 g/mol. The first-order valence-corrected chi connectivity index (χ1v) is 6.94. The molecular formula is C13H9BrF2O2S. The summed E-state index contributed by atoms with van der Waals surface area (Å²) < 4.78 is 29.4. The Hall–Kier alpha value is -1.27. The van der Waals surface area contributed by atoms with Crippen molar-refractivity contribution in [3.63, 3.8) is 0 Å². The van der Waals surface area contributed by atoms with E-state index < -0.39 is 6.61 Å². The second-order valence-corrected chi connectivity index (χ2v) is 5.86. The number of benzene rings is 1. The minimum Gasteiger partial charge on any atom is -0.435 e. The molecule has 2 aromatic rings. The van der Waals surface area contributed by atoms with Crippen molar-refractivity contribution in [3.8, 4) is 5.75 Å². The third kappa shape index (κ3) is 3.39. The molecule has 19 heavy (non-hydrogen) atoms. The zero-order chi connectivity index (χ0) is 14.0. The first-order chi connectivity index (χ1) is 8.97. The van der Waals surface area contributed by atoms with Gasteiger partial charge in [0.2, 0.25) is 5.78 Å². The maximum atomic E-state index is 12.2. The Balaban J connectivity index is 2.28. The van der Waals surface area contributed by atoms with Gasteiger partial charge in [0.25, 0.3) is 0 Å². The van der Waals surface area contributed by atoms with Gasteiger partial charge in [-0.3, -0.25) is 4.79 Å². The number of carbonyl (C=O) groups excluding carboxylic acids is 1. The summed E-state index contributed by atoms with van der Waals surface area (Å²) in [6, 6.07) is 7.52.